The van der Waals surface area contributed by atoms with Crippen molar-refractivity contribution in [1.29, 1.82) is 0 Å². The number of halogens is 2. The number of nitrogens with zero attached hydrogens (tertiary/aromatic N) is 2. The summed E-state index contributed by atoms with van der Waals surface area (Å²) in [5, 5.41) is 2.72. The third-order valence-corrected chi connectivity index (χ3v) is 4.70. The van der Waals surface area contributed by atoms with Gasteiger partial charge in [0.25, 0.3) is 11.5 Å². The van der Waals surface area contributed by atoms with E-state index in [9.17, 15) is 23.2 Å². The fourth-order valence-electron chi connectivity index (χ4n) is 3.07. The quantitative estimate of drug-likeness (QED) is 0.641. The van der Waals surface area contributed by atoms with E-state index in [0.29, 0.717) is 0 Å². The van der Waals surface area contributed by atoms with Crippen LogP contribution in [-0.4, -0.2) is 27.0 Å². The maximum absolute atomic E-state index is 13.5. The number of H-pyrrole nitrogens is 1. The van der Waals surface area contributed by atoms with Crippen LogP contribution < -0.4 is 21.3 Å². The average molecular weight is 426 g/mol. The summed E-state index contributed by atoms with van der Waals surface area (Å²) in [6, 6.07) is 6.60. The van der Waals surface area contributed by atoms with Crippen LogP contribution >= 0.6 is 0 Å². The Hall–Kier alpha value is -4.08. The molecule has 0 radical (unpaired) electrons. The minimum atomic E-state index is -1.09. The van der Waals surface area contributed by atoms with Crippen molar-refractivity contribution in [2.24, 2.45) is 0 Å². The predicted octanol–water partition coefficient (Wildman–Crippen LogP) is 1.35. The topological polar surface area (TPSA) is 106 Å². The summed E-state index contributed by atoms with van der Waals surface area (Å²) in [4.78, 5) is 44.0. The van der Waals surface area contributed by atoms with E-state index in [1.54, 1.807) is 24.5 Å². The lowest BCUT2D eigenvalue weighted by Crippen LogP contribution is -2.39. The second kappa shape index (κ2) is 8.34. The number of amides is 1. The molecule has 3 heterocycles. The Bertz CT molecular complexity index is 1300. The van der Waals surface area contributed by atoms with Gasteiger partial charge in [0.2, 0.25) is 5.88 Å². The zero-order valence-corrected chi connectivity index (χ0v) is 16.0. The SMILES string of the molecule is O=C(NCc1ccncc1)C1=Cc2c([nH]c(=O)n(Cc3ccc(F)c(F)c3)c2=O)OC1. The van der Waals surface area contributed by atoms with Crippen LogP contribution in [0.5, 0.6) is 5.88 Å². The van der Waals surface area contributed by atoms with Gasteiger partial charge in [0.1, 0.15) is 12.2 Å². The van der Waals surface area contributed by atoms with Crippen molar-refractivity contribution in [3.63, 3.8) is 0 Å². The third-order valence-electron chi connectivity index (χ3n) is 4.70. The number of fused-ring (bicyclic) bond motifs is 1. The summed E-state index contributed by atoms with van der Waals surface area (Å²) >= 11 is 0. The van der Waals surface area contributed by atoms with Gasteiger partial charge < -0.3 is 10.1 Å². The van der Waals surface area contributed by atoms with Crippen molar-refractivity contribution in [2.75, 3.05) is 6.61 Å². The van der Waals surface area contributed by atoms with Crippen LogP contribution in [0.25, 0.3) is 6.08 Å². The van der Waals surface area contributed by atoms with E-state index in [0.717, 1.165) is 22.3 Å². The van der Waals surface area contributed by atoms with Crippen LogP contribution in [0.15, 0.2) is 57.9 Å². The first-order chi connectivity index (χ1) is 14.9. The molecule has 0 unspecified atom stereocenters. The summed E-state index contributed by atoms with van der Waals surface area (Å²) in [6.07, 6.45) is 4.56. The number of carbonyl (C=O) groups excluding carboxylic acids is 1. The molecule has 0 atom stereocenters. The molecule has 0 spiro atoms. The van der Waals surface area contributed by atoms with Crippen molar-refractivity contribution < 1.29 is 18.3 Å². The number of pyridine rings is 1. The van der Waals surface area contributed by atoms with Crippen molar-refractivity contribution in [3.05, 3.63) is 97.5 Å². The summed E-state index contributed by atoms with van der Waals surface area (Å²) in [7, 11) is 0. The Kier molecular flexibility index (Phi) is 5.44. The zero-order valence-electron chi connectivity index (χ0n) is 16.0. The van der Waals surface area contributed by atoms with E-state index >= 15 is 0 Å². The molecule has 2 aromatic heterocycles. The summed E-state index contributed by atoms with van der Waals surface area (Å²) < 4.78 is 32.8. The number of benzene rings is 1. The molecule has 0 aliphatic carbocycles. The Morgan fingerprint density at radius 1 is 1.13 bits per heavy atom. The third kappa shape index (κ3) is 4.27. The largest absolute Gasteiger partial charge is 0.473 e. The van der Waals surface area contributed by atoms with E-state index < -0.39 is 28.8 Å². The highest BCUT2D eigenvalue weighted by molar-refractivity contribution is 5.98. The lowest BCUT2D eigenvalue weighted by atomic mass is 10.1. The predicted molar refractivity (Wildman–Crippen MR) is 106 cm³/mol. The van der Waals surface area contributed by atoms with Crippen molar-refractivity contribution in [3.8, 4) is 5.88 Å². The molecule has 1 aromatic carbocycles. The highest BCUT2D eigenvalue weighted by atomic mass is 19.2. The van der Waals surface area contributed by atoms with E-state index in [1.165, 1.54) is 12.1 Å². The Morgan fingerprint density at radius 3 is 2.65 bits per heavy atom. The number of ether oxygens (including phenoxy) is 1. The van der Waals surface area contributed by atoms with E-state index in [4.69, 9.17) is 4.74 Å². The fraction of sp³-hybridized carbons (Fsp3) is 0.143. The number of rotatable bonds is 5. The summed E-state index contributed by atoms with van der Waals surface area (Å²) in [5.74, 6) is -2.60. The maximum atomic E-state index is 13.5. The second-order valence-corrected chi connectivity index (χ2v) is 6.81. The molecule has 1 amide bonds. The molecule has 158 valence electrons. The van der Waals surface area contributed by atoms with Gasteiger partial charge in [-0.05, 0) is 41.5 Å². The van der Waals surface area contributed by atoms with Gasteiger partial charge in [-0.1, -0.05) is 6.07 Å². The van der Waals surface area contributed by atoms with Crippen molar-refractivity contribution in [1.82, 2.24) is 19.9 Å². The smallest absolute Gasteiger partial charge is 0.331 e. The number of nitrogens with one attached hydrogen (secondary N) is 2. The molecule has 1 aliphatic heterocycles. The minimum Gasteiger partial charge on any atom is -0.473 e. The number of carbonyl (C=O) groups is 1. The molecule has 10 heteroatoms. The monoisotopic (exact) mass is 426 g/mol. The highest BCUT2D eigenvalue weighted by Crippen LogP contribution is 2.20. The lowest BCUT2D eigenvalue weighted by molar-refractivity contribution is -0.117. The first-order valence-corrected chi connectivity index (χ1v) is 9.24. The molecule has 0 bridgehead atoms. The average Bonchev–Trinajstić information content (AvgIpc) is 2.78. The molecule has 31 heavy (non-hydrogen) atoms. The van der Waals surface area contributed by atoms with Gasteiger partial charge in [-0.25, -0.2) is 13.6 Å². The van der Waals surface area contributed by atoms with Gasteiger partial charge in [0.05, 0.1) is 12.1 Å². The molecule has 2 N–H and O–H groups in total. The Labute approximate surface area is 173 Å². The molecule has 0 fully saturated rings. The molecule has 8 nitrogen and oxygen atoms in total. The first kappa shape index (κ1) is 20.2. The molecule has 1 aliphatic rings. The van der Waals surface area contributed by atoms with Crippen LogP contribution in [-0.2, 0) is 17.9 Å². The van der Waals surface area contributed by atoms with Crippen molar-refractivity contribution in [2.45, 2.75) is 13.1 Å². The molecular weight excluding hydrogens is 410 g/mol. The maximum Gasteiger partial charge on any atom is 0.331 e. The number of aromatic nitrogens is 3. The number of hydrogen-bond donors (Lipinski definition) is 2. The lowest BCUT2D eigenvalue weighted by Gasteiger charge is -2.18. The van der Waals surface area contributed by atoms with Gasteiger partial charge in [-0.2, -0.15) is 0 Å². The van der Waals surface area contributed by atoms with Crippen LogP contribution in [0.2, 0.25) is 0 Å². The summed E-state index contributed by atoms with van der Waals surface area (Å²) in [6.45, 7) is -0.147. The Morgan fingerprint density at radius 2 is 1.90 bits per heavy atom. The zero-order chi connectivity index (χ0) is 22.0. The normalized spacial score (nSPS) is 12.5. The highest BCUT2D eigenvalue weighted by Gasteiger charge is 2.22. The van der Waals surface area contributed by atoms with Gasteiger partial charge in [-0.3, -0.25) is 24.1 Å². The van der Waals surface area contributed by atoms with E-state index in [1.807, 2.05) is 0 Å². The first-order valence-electron chi connectivity index (χ1n) is 9.24. The number of aromatic amines is 1. The second-order valence-electron chi connectivity index (χ2n) is 6.81. The van der Waals surface area contributed by atoms with E-state index in [2.05, 4.69) is 15.3 Å². The standard InChI is InChI=1S/C21H16F2N4O4/c22-16-2-1-13(7-17(16)23)10-27-20(29)15-8-14(11-31-19(15)26-21(27)30)18(28)25-9-12-3-5-24-6-4-12/h1-8H,9-11H2,(H,25,28)(H,26,30). The van der Waals surface area contributed by atoms with E-state index in [-0.39, 0.29) is 42.3 Å². The fourth-order valence-corrected chi connectivity index (χ4v) is 3.07. The molecule has 3 aromatic rings. The minimum absolute atomic E-state index is 0.0116. The molecule has 0 saturated carbocycles. The van der Waals surface area contributed by atoms with Gasteiger partial charge in [0, 0.05) is 18.9 Å². The molecule has 4 rings (SSSR count). The van der Waals surface area contributed by atoms with Gasteiger partial charge in [0.15, 0.2) is 11.6 Å². The van der Waals surface area contributed by atoms with Crippen molar-refractivity contribution >= 4 is 12.0 Å². The van der Waals surface area contributed by atoms with Gasteiger partial charge >= 0.3 is 5.69 Å². The number of hydrogen-bond acceptors (Lipinski definition) is 5. The van der Waals surface area contributed by atoms with Crippen LogP contribution in [0.1, 0.15) is 16.7 Å². The van der Waals surface area contributed by atoms with Crippen LogP contribution in [0, 0.1) is 11.6 Å². The molecular formula is C21H16F2N4O4. The Balaban J connectivity index is 1.60. The molecule has 0 saturated heterocycles. The van der Waals surface area contributed by atoms with Crippen LogP contribution in [0.3, 0.4) is 0 Å². The van der Waals surface area contributed by atoms with Gasteiger partial charge in [-0.15, -0.1) is 0 Å². The summed E-state index contributed by atoms with van der Waals surface area (Å²) in [5.41, 5.74) is -0.232. The van der Waals surface area contributed by atoms with Crippen LogP contribution in [0.4, 0.5) is 8.78 Å².